The van der Waals surface area contributed by atoms with Crippen LogP contribution in [-0.4, -0.2) is 15.7 Å². The van der Waals surface area contributed by atoms with Crippen molar-refractivity contribution in [2.24, 2.45) is 16.5 Å². The summed E-state index contributed by atoms with van der Waals surface area (Å²) >= 11 is 0. The number of unbranched alkanes of at least 4 members (excludes halogenated alkanes) is 1. The zero-order valence-corrected chi connectivity index (χ0v) is 13.6. The Bertz CT molecular complexity index is 806. The summed E-state index contributed by atoms with van der Waals surface area (Å²) in [5, 5.41) is 6.13. The summed E-state index contributed by atoms with van der Waals surface area (Å²) in [4.78, 5) is 3.87. The van der Waals surface area contributed by atoms with Gasteiger partial charge in [0.1, 0.15) is 0 Å². The highest BCUT2D eigenvalue weighted by Crippen LogP contribution is 2.12. The molecule has 0 bridgehead atoms. The van der Waals surface area contributed by atoms with E-state index in [-0.39, 0.29) is 5.96 Å². The maximum Gasteiger partial charge on any atom is 0.198 e. The van der Waals surface area contributed by atoms with Gasteiger partial charge in [-0.2, -0.15) is 4.99 Å². The minimum absolute atomic E-state index is 0.0382. The molecule has 0 saturated heterocycles. The lowest BCUT2D eigenvalue weighted by atomic mass is 10.3. The summed E-state index contributed by atoms with van der Waals surface area (Å²) in [6.45, 7) is 4.75. The van der Waals surface area contributed by atoms with Crippen LogP contribution in [0.1, 0.15) is 32.4 Å². The molecule has 2 aromatic heterocycles. The summed E-state index contributed by atoms with van der Waals surface area (Å²) < 4.78 is 7.38. The summed E-state index contributed by atoms with van der Waals surface area (Å²) in [6, 6.07) is 3.80. The standard InChI is InChI=1S/C17H23N5O/c1-3-5-6-7-8-15-13(4-2)9-10-22(15)12-14-11-16(21-23-14)20-17(18)19/h4,6-11H,3,5,12H2,1-2H3,(H4,18,19,20,21)/b7-6-,13-4-,15-8+. The van der Waals surface area contributed by atoms with E-state index in [4.69, 9.17) is 16.0 Å². The third kappa shape index (κ3) is 4.60. The summed E-state index contributed by atoms with van der Waals surface area (Å²) in [5.74, 6) is 1.03. The number of aliphatic imine (C=N–C) groups is 1. The lowest BCUT2D eigenvalue weighted by molar-refractivity contribution is 0.377. The van der Waals surface area contributed by atoms with Gasteiger partial charge in [-0.25, -0.2) is 0 Å². The van der Waals surface area contributed by atoms with Crippen LogP contribution in [0.3, 0.4) is 0 Å². The van der Waals surface area contributed by atoms with Crippen LogP contribution >= 0.6 is 0 Å². The average molecular weight is 313 g/mol. The van der Waals surface area contributed by atoms with Crippen molar-refractivity contribution in [3.63, 3.8) is 0 Å². The van der Waals surface area contributed by atoms with E-state index in [1.807, 2.05) is 13.1 Å². The number of allylic oxidation sites excluding steroid dienone is 2. The molecule has 4 N–H and O–H groups in total. The molecular weight excluding hydrogens is 290 g/mol. The molecule has 0 unspecified atom stereocenters. The Balaban J connectivity index is 2.28. The molecule has 0 radical (unpaired) electrons. The molecule has 2 aromatic rings. The fourth-order valence-electron chi connectivity index (χ4n) is 2.23. The van der Waals surface area contributed by atoms with Crippen molar-refractivity contribution in [3.8, 4) is 0 Å². The van der Waals surface area contributed by atoms with E-state index in [1.54, 1.807) is 6.07 Å². The highest BCUT2D eigenvalue weighted by Gasteiger charge is 2.05. The van der Waals surface area contributed by atoms with Gasteiger partial charge in [0.25, 0.3) is 0 Å². The van der Waals surface area contributed by atoms with E-state index in [9.17, 15) is 0 Å². The van der Waals surface area contributed by atoms with Crippen LogP contribution in [0.4, 0.5) is 5.82 Å². The van der Waals surface area contributed by atoms with E-state index in [1.165, 1.54) is 5.22 Å². The molecule has 0 aromatic carbocycles. The fraction of sp³-hybridized carbons (Fsp3) is 0.294. The molecule has 0 saturated carbocycles. The second kappa shape index (κ2) is 8.03. The topological polar surface area (TPSA) is 95.4 Å². The number of nitrogens with zero attached hydrogens (tertiary/aromatic N) is 3. The highest BCUT2D eigenvalue weighted by molar-refractivity contribution is 5.78. The van der Waals surface area contributed by atoms with E-state index >= 15 is 0 Å². The van der Waals surface area contributed by atoms with Crippen LogP contribution in [0, 0.1) is 0 Å². The van der Waals surface area contributed by atoms with Gasteiger partial charge < -0.3 is 20.6 Å². The molecule has 0 fully saturated rings. The predicted octanol–water partition coefficient (Wildman–Crippen LogP) is 1.37. The SMILES string of the molecule is C/C=c1/ccn(Cc2cc(N=C(N)N)no2)/c1=C/C=C\CCC. The zero-order valence-electron chi connectivity index (χ0n) is 13.6. The van der Waals surface area contributed by atoms with Crippen molar-refractivity contribution in [3.05, 3.63) is 46.8 Å². The van der Waals surface area contributed by atoms with Crippen LogP contribution in [0.25, 0.3) is 12.2 Å². The van der Waals surface area contributed by atoms with Gasteiger partial charge in [-0.1, -0.05) is 36.7 Å². The zero-order chi connectivity index (χ0) is 16.7. The maximum atomic E-state index is 5.34. The number of hydrogen-bond donors (Lipinski definition) is 2. The van der Waals surface area contributed by atoms with Gasteiger partial charge in [-0.05, 0) is 30.7 Å². The molecule has 122 valence electrons. The highest BCUT2D eigenvalue weighted by atomic mass is 16.5. The molecule has 0 aliphatic carbocycles. The van der Waals surface area contributed by atoms with Gasteiger partial charge in [0.2, 0.25) is 0 Å². The number of rotatable bonds is 6. The monoisotopic (exact) mass is 313 g/mol. The van der Waals surface area contributed by atoms with Gasteiger partial charge in [0, 0.05) is 17.6 Å². The Morgan fingerprint density at radius 1 is 1.43 bits per heavy atom. The third-order valence-corrected chi connectivity index (χ3v) is 3.31. The molecule has 0 aliphatic rings. The minimum Gasteiger partial charge on any atom is -0.370 e. The Morgan fingerprint density at radius 2 is 2.26 bits per heavy atom. The van der Waals surface area contributed by atoms with Gasteiger partial charge in [0.05, 0.1) is 6.54 Å². The molecule has 2 rings (SSSR count). The first-order valence-electron chi connectivity index (χ1n) is 7.67. The van der Waals surface area contributed by atoms with Gasteiger partial charge in [-0.3, -0.25) is 0 Å². The van der Waals surface area contributed by atoms with Crippen LogP contribution in [0.5, 0.6) is 0 Å². The smallest absolute Gasteiger partial charge is 0.198 e. The molecule has 0 amide bonds. The van der Waals surface area contributed by atoms with Gasteiger partial charge >= 0.3 is 0 Å². The maximum absolute atomic E-state index is 5.34. The van der Waals surface area contributed by atoms with Gasteiger partial charge in [0.15, 0.2) is 17.5 Å². The molecule has 6 heteroatoms. The van der Waals surface area contributed by atoms with Crippen molar-refractivity contribution in [1.82, 2.24) is 9.72 Å². The second-order valence-electron chi connectivity index (χ2n) is 5.14. The van der Waals surface area contributed by atoms with E-state index in [0.29, 0.717) is 18.1 Å². The van der Waals surface area contributed by atoms with Crippen LogP contribution < -0.4 is 22.0 Å². The Kier molecular flexibility index (Phi) is 5.80. The number of hydrogen-bond acceptors (Lipinski definition) is 3. The summed E-state index contributed by atoms with van der Waals surface area (Å²) in [7, 11) is 0. The van der Waals surface area contributed by atoms with Crippen molar-refractivity contribution in [2.45, 2.75) is 33.2 Å². The first kappa shape index (κ1) is 16.6. The quantitative estimate of drug-likeness (QED) is 0.622. The first-order valence-corrected chi connectivity index (χ1v) is 7.67. The Hall–Kier alpha value is -2.76. The van der Waals surface area contributed by atoms with Crippen LogP contribution in [-0.2, 0) is 6.54 Å². The largest absolute Gasteiger partial charge is 0.370 e. The van der Waals surface area contributed by atoms with Crippen LogP contribution in [0.15, 0.2) is 40.0 Å². The molecule has 0 spiro atoms. The fourth-order valence-corrected chi connectivity index (χ4v) is 2.23. The van der Waals surface area contributed by atoms with Gasteiger partial charge in [-0.15, -0.1) is 0 Å². The number of guanidine groups is 1. The first-order chi connectivity index (χ1) is 11.1. The second-order valence-corrected chi connectivity index (χ2v) is 5.14. The molecule has 0 atom stereocenters. The minimum atomic E-state index is -0.0382. The average Bonchev–Trinajstić information content (AvgIpc) is 3.10. The lowest BCUT2D eigenvalue weighted by Crippen LogP contribution is -2.28. The molecule has 2 heterocycles. The predicted molar refractivity (Wildman–Crippen MR) is 93.4 cm³/mol. The Labute approximate surface area is 135 Å². The van der Waals surface area contributed by atoms with Crippen molar-refractivity contribution < 1.29 is 4.52 Å². The molecular formula is C17H23N5O. The Morgan fingerprint density at radius 3 is 2.96 bits per heavy atom. The molecule has 0 aliphatic heterocycles. The number of nitrogens with two attached hydrogens (primary N) is 2. The molecule has 23 heavy (non-hydrogen) atoms. The number of aromatic nitrogens is 2. The van der Waals surface area contributed by atoms with E-state index in [0.717, 1.165) is 18.2 Å². The summed E-state index contributed by atoms with van der Waals surface area (Å²) in [5.41, 5.74) is 10.7. The van der Waals surface area contributed by atoms with E-state index in [2.05, 4.69) is 52.0 Å². The normalized spacial score (nSPS) is 13.1. The van der Waals surface area contributed by atoms with Crippen molar-refractivity contribution in [1.29, 1.82) is 0 Å². The third-order valence-electron chi connectivity index (χ3n) is 3.31. The van der Waals surface area contributed by atoms with Crippen molar-refractivity contribution >= 4 is 23.9 Å². The van der Waals surface area contributed by atoms with Crippen molar-refractivity contribution in [2.75, 3.05) is 0 Å². The van der Waals surface area contributed by atoms with Crippen LogP contribution in [0.2, 0.25) is 0 Å². The lowest BCUT2D eigenvalue weighted by Gasteiger charge is -1.99. The molecule has 6 nitrogen and oxygen atoms in total. The summed E-state index contributed by atoms with van der Waals surface area (Å²) in [6.07, 6.45) is 12.7. The van der Waals surface area contributed by atoms with E-state index < -0.39 is 0 Å².